The monoisotopic (exact) mass is 334 g/mol. The van der Waals surface area contributed by atoms with Gasteiger partial charge in [0.25, 0.3) is 11.5 Å². The summed E-state index contributed by atoms with van der Waals surface area (Å²) in [5, 5.41) is 4.08. The summed E-state index contributed by atoms with van der Waals surface area (Å²) in [5.41, 5.74) is 0.556. The molecular weight excluding hydrogens is 316 g/mol. The van der Waals surface area contributed by atoms with Crippen molar-refractivity contribution in [1.29, 1.82) is 0 Å². The average Bonchev–Trinajstić information content (AvgIpc) is 3.17. The van der Waals surface area contributed by atoms with Gasteiger partial charge in [-0.2, -0.15) is 0 Å². The minimum absolute atomic E-state index is 0.229. The number of carbonyl (C=O) groups excluding carboxylic acids is 1. The fourth-order valence-electron chi connectivity index (χ4n) is 3.12. The molecule has 1 fully saturated rings. The van der Waals surface area contributed by atoms with Crippen LogP contribution in [-0.2, 0) is 0 Å². The Labute approximate surface area is 144 Å². The van der Waals surface area contributed by atoms with Crippen LogP contribution in [0.1, 0.15) is 23.3 Å². The van der Waals surface area contributed by atoms with Crippen LogP contribution in [0.3, 0.4) is 0 Å². The minimum atomic E-state index is -0.362. The topological polar surface area (TPSA) is 78.1 Å². The first-order valence-corrected chi connectivity index (χ1v) is 8.35. The number of hydrogen-bond acceptors (Lipinski definition) is 4. The van der Waals surface area contributed by atoms with Crippen LogP contribution in [0.25, 0.3) is 10.8 Å². The van der Waals surface area contributed by atoms with Gasteiger partial charge in [-0.1, -0.05) is 18.2 Å². The molecule has 1 aliphatic heterocycles. The molecular formula is C19H18N4O2. The van der Waals surface area contributed by atoms with Gasteiger partial charge in [-0.15, -0.1) is 0 Å². The van der Waals surface area contributed by atoms with Gasteiger partial charge in [0.2, 0.25) is 0 Å². The van der Waals surface area contributed by atoms with Crippen molar-refractivity contribution in [3.05, 3.63) is 64.7 Å². The molecule has 0 unspecified atom stereocenters. The second kappa shape index (κ2) is 6.39. The summed E-state index contributed by atoms with van der Waals surface area (Å²) in [6.45, 7) is 2.05. The number of fused-ring (bicyclic) bond motifs is 1. The molecule has 0 spiro atoms. The molecule has 4 rings (SSSR count). The van der Waals surface area contributed by atoms with Gasteiger partial charge in [-0.3, -0.25) is 9.59 Å². The molecule has 3 heterocycles. The van der Waals surface area contributed by atoms with E-state index in [1.54, 1.807) is 24.4 Å². The van der Waals surface area contributed by atoms with Gasteiger partial charge in [-0.05, 0) is 42.5 Å². The molecule has 1 amide bonds. The Morgan fingerprint density at radius 3 is 2.68 bits per heavy atom. The highest BCUT2D eigenvalue weighted by molar-refractivity contribution is 6.04. The van der Waals surface area contributed by atoms with Gasteiger partial charge < -0.3 is 15.2 Å². The zero-order chi connectivity index (χ0) is 17.2. The fourth-order valence-corrected chi connectivity index (χ4v) is 3.12. The number of pyridine rings is 2. The number of aromatic amines is 1. The van der Waals surface area contributed by atoms with E-state index < -0.39 is 0 Å². The van der Waals surface area contributed by atoms with Gasteiger partial charge in [0, 0.05) is 18.5 Å². The maximum Gasteiger partial charge on any atom is 0.272 e. The van der Waals surface area contributed by atoms with Crippen molar-refractivity contribution in [2.75, 3.05) is 23.3 Å². The number of aromatic nitrogens is 2. The number of nitrogens with zero attached hydrogens (tertiary/aromatic N) is 2. The quantitative estimate of drug-likeness (QED) is 0.772. The first-order chi connectivity index (χ1) is 12.2. The number of hydrogen-bond donors (Lipinski definition) is 2. The third-order valence-corrected chi connectivity index (χ3v) is 4.43. The lowest BCUT2D eigenvalue weighted by molar-refractivity contribution is 0.102. The largest absolute Gasteiger partial charge is 0.357 e. The van der Waals surface area contributed by atoms with Crippen molar-refractivity contribution in [3.8, 4) is 0 Å². The lowest BCUT2D eigenvalue weighted by Gasteiger charge is -2.16. The maximum atomic E-state index is 12.4. The zero-order valence-electron chi connectivity index (χ0n) is 13.7. The van der Waals surface area contributed by atoms with Crippen LogP contribution in [0.2, 0.25) is 0 Å². The molecule has 1 aliphatic rings. The Kier molecular flexibility index (Phi) is 3.93. The highest BCUT2D eigenvalue weighted by atomic mass is 16.2. The summed E-state index contributed by atoms with van der Waals surface area (Å²) >= 11 is 0. The molecule has 2 aromatic heterocycles. The average molecular weight is 334 g/mol. The lowest BCUT2D eigenvalue weighted by Crippen LogP contribution is -2.20. The van der Waals surface area contributed by atoms with Crippen LogP contribution >= 0.6 is 0 Å². The fraction of sp³-hybridized carbons (Fsp3) is 0.211. The molecule has 6 nitrogen and oxygen atoms in total. The Bertz CT molecular complexity index is 973. The van der Waals surface area contributed by atoms with Crippen molar-refractivity contribution in [2.24, 2.45) is 0 Å². The van der Waals surface area contributed by atoms with E-state index >= 15 is 0 Å². The predicted octanol–water partition coefficient (Wildman–Crippen LogP) is 2.78. The van der Waals surface area contributed by atoms with Crippen LogP contribution in [0.15, 0.2) is 53.5 Å². The van der Waals surface area contributed by atoms with Gasteiger partial charge >= 0.3 is 0 Å². The molecule has 0 bridgehead atoms. The van der Waals surface area contributed by atoms with Crippen molar-refractivity contribution >= 4 is 28.2 Å². The van der Waals surface area contributed by atoms with Crippen molar-refractivity contribution < 1.29 is 4.79 Å². The number of anilines is 2. The molecule has 0 radical (unpaired) electrons. The highest BCUT2D eigenvalue weighted by Gasteiger charge is 2.14. The van der Waals surface area contributed by atoms with Crippen LogP contribution in [-0.4, -0.2) is 29.0 Å². The summed E-state index contributed by atoms with van der Waals surface area (Å²) in [6.07, 6.45) is 4.02. The highest BCUT2D eigenvalue weighted by Crippen LogP contribution is 2.19. The number of H-pyrrole nitrogens is 1. The Hall–Kier alpha value is -3.15. The van der Waals surface area contributed by atoms with Crippen LogP contribution in [0.5, 0.6) is 0 Å². The van der Waals surface area contributed by atoms with Gasteiger partial charge in [-0.25, -0.2) is 4.98 Å². The van der Waals surface area contributed by atoms with Crippen molar-refractivity contribution in [2.45, 2.75) is 12.8 Å². The van der Waals surface area contributed by atoms with Crippen LogP contribution in [0, 0.1) is 0 Å². The van der Waals surface area contributed by atoms with Crippen molar-refractivity contribution in [3.63, 3.8) is 0 Å². The first-order valence-electron chi connectivity index (χ1n) is 8.35. The van der Waals surface area contributed by atoms with Crippen LogP contribution < -0.4 is 15.8 Å². The molecule has 25 heavy (non-hydrogen) atoms. The molecule has 0 saturated carbocycles. The number of amides is 1. The smallest absolute Gasteiger partial charge is 0.272 e. The third kappa shape index (κ3) is 3.10. The minimum Gasteiger partial charge on any atom is -0.357 e. The normalized spacial score (nSPS) is 14.0. The van der Waals surface area contributed by atoms with E-state index in [9.17, 15) is 9.59 Å². The molecule has 1 saturated heterocycles. The summed E-state index contributed by atoms with van der Waals surface area (Å²) < 4.78 is 0. The standard InChI is InChI=1S/C19H18N4O2/c24-18-15-6-2-1-5-13(15)11-16(22-18)19(25)21-14-7-8-17(20-12-14)23-9-3-4-10-23/h1-2,5-8,11-12H,3-4,9-10H2,(H,21,25)(H,22,24). The second-order valence-electron chi connectivity index (χ2n) is 6.15. The van der Waals surface area contributed by atoms with Gasteiger partial charge in [0.15, 0.2) is 0 Å². The number of carbonyl (C=O) groups is 1. The lowest BCUT2D eigenvalue weighted by atomic mass is 10.1. The number of benzene rings is 1. The third-order valence-electron chi connectivity index (χ3n) is 4.43. The van der Waals surface area contributed by atoms with Crippen molar-refractivity contribution in [1.82, 2.24) is 9.97 Å². The van der Waals surface area contributed by atoms with Crippen LogP contribution in [0.4, 0.5) is 11.5 Å². The van der Waals surface area contributed by atoms with E-state index in [4.69, 9.17) is 0 Å². The number of rotatable bonds is 3. The second-order valence-corrected chi connectivity index (χ2v) is 6.15. The van der Waals surface area contributed by atoms with Gasteiger partial charge in [0.05, 0.1) is 11.9 Å². The Balaban J connectivity index is 1.54. The van der Waals surface area contributed by atoms with E-state index in [0.29, 0.717) is 11.1 Å². The molecule has 1 aromatic carbocycles. The summed E-state index contributed by atoms with van der Waals surface area (Å²) in [5.74, 6) is 0.563. The number of nitrogens with one attached hydrogen (secondary N) is 2. The molecule has 3 aromatic rings. The first kappa shape index (κ1) is 15.4. The Morgan fingerprint density at radius 1 is 1.12 bits per heavy atom. The van der Waals surface area contributed by atoms with E-state index in [2.05, 4.69) is 20.2 Å². The molecule has 0 atom stereocenters. The Morgan fingerprint density at radius 2 is 1.92 bits per heavy atom. The summed E-state index contributed by atoms with van der Waals surface area (Å²) in [7, 11) is 0. The van der Waals surface area contributed by atoms with E-state index in [1.807, 2.05) is 24.3 Å². The van der Waals surface area contributed by atoms with E-state index in [0.717, 1.165) is 24.3 Å². The maximum absolute atomic E-state index is 12.4. The molecule has 0 aliphatic carbocycles. The van der Waals surface area contributed by atoms with E-state index in [1.165, 1.54) is 12.8 Å². The zero-order valence-corrected chi connectivity index (χ0v) is 13.7. The van der Waals surface area contributed by atoms with Gasteiger partial charge in [0.1, 0.15) is 11.5 Å². The molecule has 2 N–H and O–H groups in total. The SMILES string of the molecule is O=C(Nc1ccc(N2CCCC2)nc1)c1cc2ccccc2c(=O)[nH]1. The summed E-state index contributed by atoms with van der Waals surface area (Å²) in [6, 6.07) is 12.6. The predicted molar refractivity (Wildman–Crippen MR) is 98.2 cm³/mol. The summed E-state index contributed by atoms with van der Waals surface area (Å²) in [4.78, 5) is 33.8. The van der Waals surface area contributed by atoms with E-state index in [-0.39, 0.29) is 17.2 Å². The molecule has 6 heteroatoms. The molecule has 126 valence electrons.